The second-order valence-corrected chi connectivity index (χ2v) is 6.62. The van der Waals surface area contributed by atoms with Gasteiger partial charge in [-0.2, -0.15) is 0 Å². The van der Waals surface area contributed by atoms with E-state index in [1.807, 2.05) is 24.3 Å². The Morgan fingerprint density at radius 3 is 2.42 bits per heavy atom. The molecule has 0 aliphatic rings. The molecule has 0 atom stereocenters. The number of carbonyl (C=O) groups is 3. The second kappa shape index (κ2) is 9.71. The van der Waals surface area contributed by atoms with E-state index in [4.69, 9.17) is 19.9 Å². The Balaban J connectivity index is 1.90. The number of rotatable bonds is 8. The Labute approximate surface area is 178 Å². The van der Waals surface area contributed by atoms with Crippen molar-refractivity contribution in [2.45, 2.75) is 20.5 Å². The molecular weight excluding hydrogens is 400 g/mol. The van der Waals surface area contributed by atoms with Crippen molar-refractivity contribution >= 4 is 28.7 Å². The zero-order valence-electron chi connectivity index (χ0n) is 17.2. The lowest BCUT2D eigenvalue weighted by molar-refractivity contribution is -0.119. The first-order valence-corrected chi connectivity index (χ1v) is 9.65. The van der Waals surface area contributed by atoms with E-state index in [9.17, 15) is 14.4 Å². The van der Waals surface area contributed by atoms with Gasteiger partial charge in [0.05, 0.1) is 23.4 Å². The van der Waals surface area contributed by atoms with Crippen molar-refractivity contribution < 1.29 is 28.6 Å². The van der Waals surface area contributed by atoms with E-state index < -0.39 is 17.8 Å². The van der Waals surface area contributed by atoms with Crippen LogP contribution >= 0.6 is 0 Å². The Bertz CT molecular complexity index is 1140. The fourth-order valence-electron chi connectivity index (χ4n) is 3.14. The summed E-state index contributed by atoms with van der Waals surface area (Å²) in [6.07, 6.45) is 0. The Kier molecular flexibility index (Phi) is 6.81. The molecule has 3 aromatic rings. The first kappa shape index (κ1) is 21.8. The monoisotopic (exact) mass is 422 g/mol. The standard InChI is InChI=1S/C23H22N2O6/c1-3-29-23(28)21-14(2)15-8-4-6-10-17(15)25-18(21)12-31-22(27)16-9-5-7-11-19(16)30-13-20(24)26/h4-11H,3,12-13H2,1-2H3,(H2,24,26). The lowest BCUT2D eigenvalue weighted by atomic mass is 10.0. The number of aromatic nitrogens is 1. The number of ether oxygens (including phenoxy) is 3. The van der Waals surface area contributed by atoms with Gasteiger partial charge in [0.2, 0.25) is 0 Å². The van der Waals surface area contributed by atoms with E-state index in [1.165, 1.54) is 12.1 Å². The summed E-state index contributed by atoms with van der Waals surface area (Å²) >= 11 is 0. The second-order valence-electron chi connectivity index (χ2n) is 6.62. The third-order valence-electron chi connectivity index (χ3n) is 4.52. The average Bonchev–Trinajstić information content (AvgIpc) is 2.76. The predicted molar refractivity (Wildman–Crippen MR) is 113 cm³/mol. The molecule has 0 aliphatic heterocycles. The number of esters is 2. The van der Waals surface area contributed by atoms with Crippen LogP contribution < -0.4 is 10.5 Å². The third kappa shape index (κ3) is 4.98. The number of benzene rings is 2. The highest BCUT2D eigenvalue weighted by molar-refractivity contribution is 5.98. The van der Waals surface area contributed by atoms with Gasteiger partial charge in [0.1, 0.15) is 17.9 Å². The first-order chi connectivity index (χ1) is 14.9. The first-order valence-electron chi connectivity index (χ1n) is 9.65. The molecule has 3 rings (SSSR count). The number of nitrogens with two attached hydrogens (primary N) is 1. The van der Waals surface area contributed by atoms with Gasteiger partial charge in [-0.15, -0.1) is 0 Å². The predicted octanol–water partition coefficient (Wildman–Crippen LogP) is 2.94. The normalized spacial score (nSPS) is 10.5. The molecule has 31 heavy (non-hydrogen) atoms. The molecule has 0 radical (unpaired) electrons. The van der Waals surface area contributed by atoms with E-state index >= 15 is 0 Å². The van der Waals surface area contributed by atoms with Crippen LogP contribution in [0.1, 0.15) is 38.9 Å². The van der Waals surface area contributed by atoms with Gasteiger partial charge in [-0.05, 0) is 37.6 Å². The molecule has 2 N–H and O–H groups in total. The number of fused-ring (bicyclic) bond motifs is 1. The zero-order chi connectivity index (χ0) is 22.4. The van der Waals surface area contributed by atoms with Crippen LogP contribution in [0.25, 0.3) is 10.9 Å². The number of primary amides is 1. The van der Waals surface area contributed by atoms with Crippen LogP contribution in [0.3, 0.4) is 0 Å². The summed E-state index contributed by atoms with van der Waals surface area (Å²) in [6.45, 7) is 3.10. The zero-order valence-corrected chi connectivity index (χ0v) is 17.2. The fraction of sp³-hybridized carbons (Fsp3) is 0.217. The summed E-state index contributed by atoms with van der Waals surface area (Å²) in [5.74, 6) is -1.73. The highest BCUT2D eigenvalue weighted by atomic mass is 16.5. The Morgan fingerprint density at radius 1 is 0.968 bits per heavy atom. The minimum absolute atomic E-state index is 0.124. The summed E-state index contributed by atoms with van der Waals surface area (Å²) in [5.41, 5.74) is 7.15. The quantitative estimate of drug-likeness (QED) is 0.555. The summed E-state index contributed by atoms with van der Waals surface area (Å²) in [4.78, 5) is 40.8. The molecule has 0 saturated heterocycles. The lowest BCUT2D eigenvalue weighted by Gasteiger charge is -2.15. The van der Waals surface area contributed by atoms with Crippen LogP contribution in [0.5, 0.6) is 5.75 Å². The van der Waals surface area contributed by atoms with Crippen LogP contribution in [0.15, 0.2) is 48.5 Å². The van der Waals surface area contributed by atoms with E-state index in [-0.39, 0.29) is 36.7 Å². The molecule has 0 unspecified atom stereocenters. The maximum absolute atomic E-state index is 12.7. The molecule has 1 heterocycles. The molecule has 1 amide bonds. The van der Waals surface area contributed by atoms with Gasteiger partial charge < -0.3 is 19.9 Å². The molecule has 0 fully saturated rings. The molecule has 2 aromatic carbocycles. The lowest BCUT2D eigenvalue weighted by Crippen LogP contribution is -2.21. The van der Waals surface area contributed by atoms with Crippen LogP contribution in [-0.2, 0) is 20.9 Å². The van der Waals surface area contributed by atoms with Crippen LogP contribution in [0.4, 0.5) is 0 Å². The van der Waals surface area contributed by atoms with Gasteiger partial charge in [-0.25, -0.2) is 14.6 Å². The number of aryl methyl sites for hydroxylation is 1. The summed E-state index contributed by atoms with van der Waals surface area (Å²) in [7, 11) is 0. The van der Waals surface area contributed by atoms with E-state index in [0.29, 0.717) is 16.8 Å². The largest absolute Gasteiger partial charge is 0.483 e. The topological polar surface area (TPSA) is 118 Å². The van der Waals surface area contributed by atoms with Gasteiger partial charge in [0.25, 0.3) is 5.91 Å². The highest BCUT2D eigenvalue weighted by Gasteiger charge is 2.22. The SMILES string of the molecule is CCOC(=O)c1c(COC(=O)c2ccccc2OCC(N)=O)nc2ccccc2c1C. The third-order valence-corrected chi connectivity index (χ3v) is 4.52. The minimum atomic E-state index is -0.692. The number of pyridine rings is 1. The van der Waals surface area contributed by atoms with Gasteiger partial charge in [0, 0.05) is 5.39 Å². The molecule has 0 aliphatic carbocycles. The highest BCUT2D eigenvalue weighted by Crippen LogP contribution is 2.25. The number of hydrogen-bond acceptors (Lipinski definition) is 7. The van der Waals surface area contributed by atoms with Crippen molar-refractivity contribution in [3.05, 3.63) is 70.9 Å². The van der Waals surface area contributed by atoms with Crippen LogP contribution in [0, 0.1) is 6.92 Å². The van der Waals surface area contributed by atoms with Crippen molar-refractivity contribution in [2.75, 3.05) is 13.2 Å². The summed E-state index contributed by atoms with van der Waals surface area (Å²) in [5, 5.41) is 0.811. The van der Waals surface area contributed by atoms with Crippen molar-refractivity contribution in [2.24, 2.45) is 5.73 Å². The molecule has 8 heteroatoms. The molecule has 160 valence electrons. The molecule has 1 aromatic heterocycles. The number of amides is 1. The molecular formula is C23H22N2O6. The van der Waals surface area contributed by atoms with Gasteiger partial charge in [-0.1, -0.05) is 30.3 Å². The number of carbonyl (C=O) groups excluding carboxylic acids is 3. The molecule has 8 nitrogen and oxygen atoms in total. The summed E-state index contributed by atoms with van der Waals surface area (Å²) in [6, 6.07) is 13.7. The van der Waals surface area contributed by atoms with Crippen molar-refractivity contribution in [1.29, 1.82) is 0 Å². The van der Waals surface area contributed by atoms with Gasteiger partial charge in [-0.3, -0.25) is 4.79 Å². The van der Waals surface area contributed by atoms with E-state index in [2.05, 4.69) is 4.98 Å². The molecule has 0 bridgehead atoms. The van der Waals surface area contributed by atoms with E-state index in [0.717, 1.165) is 5.39 Å². The maximum Gasteiger partial charge on any atom is 0.342 e. The Hall–Kier alpha value is -3.94. The number of para-hydroxylation sites is 2. The Morgan fingerprint density at radius 2 is 1.68 bits per heavy atom. The number of hydrogen-bond donors (Lipinski definition) is 1. The number of nitrogens with zero attached hydrogens (tertiary/aromatic N) is 1. The van der Waals surface area contributed by atoms with Crippen molar-refractivity contribution in [3.8, 4) is 5.75 Å². The van der Waals surface area contributed by atoms with Crippen molar-refractivity contribution in [1.82, 2.24) is 4.98 Å². The van der Waals surface area contributed by atoms with Crippen LogP contribution in [0.2, 0.25) is 0 Å². The minimum Gasteiger partial charge on any atom is -0.483 e. The van der Waals surface area contributed by atoms with Gasteiger partial charge in [0.15, 0.2) is 6.61 Å². The van der Waals surface area contributed by atoms with Crippen molar-refractivity contribution in [3.63, 3.8) is 0 Å². The smallest absolute Gasteiger partial charge is 0.342 e. The van der Waals surface area contributed by atoms with E-state index in [1.54, 1.807) is 26.0 Å². The summed E-state index contributed by atoms with van der Waals surface area (Å²) < 4.78 is 15.9. The average molecular weight is 422 g/mol. The maximum atomic E-state index is 12.7. The van der Waals surface area contributed by atoms with Crippen LogP contribution in [-0.4, -0.2) is 36.0 Å². The molecule has 0 spiro atoms. The van der Waals surface area contributed by atoms with Gasteiger partial charge >= 0.3 is 11.9 Å². The molecule has 0 saturated carbocycles. The fourth-order valence-corrected chi connectivity index (χ4v) is 3.14.